The van der Waals surface area contributed by atoms with Crippen LogP contribution in [0, 0.1) is 5.41 Å². The highest BCUT2D eigenvalue weighted by atomic mass is 16.1. The molecule has 0 radical (unpaired) electrons. The fourth-order valence-corrected chi connectivity index (χ4v) is 5.78. The molecule has 0 N–H and O–H groups in total. The Morgan fingerprint density at radius 3 is 2.38 bits per heavy atom. The van der Waals surface area contributed by atoms with Gasteiger partial charge in [0.25, 0.3) is 0 Å². The number of hydrogen-bond acceptors (Lipinski definition) is 2. The highest BCUT2D eigenvalue weighted by Crippen LogP contribution is 2.55. The molecule has 1 aromatic rings. The van der Waals surface area contributed by atoms with Gasteiger partial charge in [0, 0.05) is 24.9 Å². The molecule has 2 nitrogen and oxygen atoms in total. The number of Topliss-reactive ketones (excluding diaryl/α,β-unsaturated/α-hetero) is 1. The van der Waals surface area contributed by atoms with E-state index in [-0.39, 0.29) is 0 Å². The number of likely N-dealkylation sites (tertiary alicyclic amines) is 1. The third-order valence-electron chi connectivity index (χ3n) is 7.34. The average molecular weight is 323 g/mol. The molecule has 0 aromatic heterocycles. The van der Waals surface area contributed by atoms with E-state index in [2.05, 4.69) is 29.2 Å². The van der Waals surface area contributed by atoms with Gasteiger partial charge in [0.15, 0.2) is 0 Å². The molecule has 0 amide bonds. The van der Waals surface area contributed by atoms with Gasteiger partial charge in [-0.15, -0.1) is 0 Å². The molecule has 1 atom stereocenters. The molecule has 1 aliphatic heterocycles. The largest absolute Gasteiger partial charge is 0.300 e. The maximum absolute atomic E-state index is 11.6. The predicted molar refractivity (Wildman–Crippen MR) is 96.0 cm³/mol. The van der Waals surface area contributed by atoms with Crippen molar-refractivity contribution in [2.45, 2.75) is 82.2 Å². The van der Waals surface area contributed by atoms with Crippen LogP contribution in [0.5, 0.6) is 0 Å². The van der Waals surface area contributed by atoms with Gasteiger partial charge in [0.05, 0.1) is 0 Å². The standard InChI is InChI=1S/C22H29NO/c24-18-9-11-22(12-10-18)14-17(15-22)23-13-3-6-21(23)20-5-2-1-4-19(20)16-7-8-16/h1-2,4-5,16-17,21H,3,6-15H2/t21-/m0/s1. The summed E-state index contributed by atoms with van der Waals surface area (Å²) in [6.07, 6.45) is 12.2. The van der Waals surface area contributed by atoms with Crippen molar-refractivity contribution >= 4 is 5.78 Å². The third-order valence-corrected chi connectivity index (χ3v) is 7.34. The minimum absolute atomic E-state index is 0.501. The van der Waals surface area contributed by atoms with Crippen molar-refractivity contribution in [2.24, 2.45) is 5.41 Å². The van der Waals surface area contributed by atoms with E-state index in [4.69, 9.17) is 0 Å². The number of hydrogen-bond donors (Lipinski definition) is 0. The number of rotatable bonds is 3. The van der Waals surface area contributed by atoms with E-state index >= 15 is 0 Å². The number of nitrogens with zero attached hydrogens (tertiary/aromatic N) is 1. The van der Waals surface area contributed by atoms with Crippen LogP contribution in [-0.4, -0.2) is 23.3 Å². The van der Waals surface area contributed by atoms with Crippen molar-refractivity contribution in [3.05, 3.63) is 35.4 Å². The second kappa shape index (κ2) is 5.69. The summed E-state index contributed by atoms with van der Waals surface area (Å²) in [5.41, 5.74) is 3.81. The number of carbonyl (C=O) groups excluding carboxylic acids is 1. The molecule has 4 aliphatic rings. The number of carbonyl (C=O) groups is 1. The Balaban J connectivity index is 1.32. The molecule has 0 unspecified atom stereocenters. The Bertz CT molecular complexity index is 629. The first-order valence-electron chi connectivity index (χ1n) is 10.1. The summed E-state index contributed by atoms with van der Waals surface area (Å²) < 4.78 is 0. The predicted octanol–water partition coefficient (Wildman–Crippen LogP) is 4.99. The lowest BCUT2D eigenvalue weighted by Gasteiger charge is -2.54. The monoisotopic (exact) mass is 323 g/mol. The van der Waals surface area contributed by atoms with Gasteiger partial charge in [-0.25, -0.2) is 0 Å². The summed E-state index contributed by atoms with van der Waals surface area (Å²) in [6, 6.07) is 10.7. The fraction of sp³-hybridized carbons (Fsp3) is 0.682. The van der Waals surface area contributed by atoms with Crippen LogP contribution in [0.25, 0.3) is 0 Å². The molecular formula is C22H29NO. The van der Waals surface area contributed by atoms with Gasteiger partial charge in [0.1, 0.15) is 5.78 Å². The lowest BCUT2D eigenvalue weighted by molar-refractivity contribution is -0.126. The zero-order valence-corrected chi connectivity index (χ0v) is 14.7. The second-order valence-electron chi connectivity index (χ2n) is 8.90. The van der Waals surface area contributed by atoms with Crippen LogP contribution >= 0.6 is 0 Å². The first-order valence-corrected chi connectivity index (χ1v) is 10.1. The highest BCUT2D eigenvalue weighted by Gasteiger charge is 2.50. The van der Waals surface area contributed by atoms with Crippen LogP contribution in [-0.2, 0) is 4.79 Å². The minimum atomic E-state index is 0.501. The van der Waals surface area contributed by atoms with E-state index in [0.717, 1.165) is 24.8 Å². The van der Waals surface area contributed by atoms with Crippen LogP contribution in [0.3, 0.4) is 0 Å². The van der Waals surface area contributed by atoms with Crippen LogP contribution in [0.2, 0.25) is 0 Å². The van der Waals surface area contributed by atoms with E-state index in [0.29, 0.717) is 17.2 Å². The Morgan fingerprint density at radius 1 is 0.958 bits per heavy atom. The topological polar surface area (TPSA) is 20.3 Å². The number of ketones is 1. The van der Waals surface area contributed by atoms with Crippen molar-refractivity contribution in [1.29, 1.82) is 0 Å². The molecule has 1 saturated heterocycles. The first-order chi connectivity index (χ1) is 11.7. The lowest BCUT2D eigenvalue weighted by atomic mass is 9.57. The Kier molecular flexibility index (Phi) is 3.59. The van der Waals surface area contributed by atoms with Crippen molar-refractivity contribution in [2.75, 3.05) is 6.54 Å². The summed E-state index contributed by atoms with van der Waals surface area (Å²) in [4.78, 5) is 14.4. The van der Waals surface area contributed by atoms with Crippen LogP contribution in [0.15, 0.2) is 24.3 Å². The van der Waals surface area contributed by atoms with E-state index < -0.39 is 0 Å². The molecule has 2 heteroatoms. The zero-order valence-electron chi connectivity index (χ0n) is 14.7. The molecule has 1 spiro atoms. The van der Waals surface area contributed by atoms with Gasteiger partial charge in [-0.2, -0.15) is 0 Å². The first kappa shape index (κ1) is 15.1. The van der Waals surface area contributed by atoms with E-state index in [1.165, 1.54) is 57.9 Å². The molecule has 3 saturated carbocycles. The maximum atomic E-state index is 11.6. The normalized spacial score (nSPS) is 30.7. The number of benzene rings is 1. The zero-order chi connectivity index (χ0) is 16.1. The van der Waals surface area contributed by atoms with Gasteiger partial charge in [-0.1, -0.05) is 24.3 Å². The molecule has 3 aliphatic carbocycles. The van der Waals surface area contributed by atoms with Crippen molar-refractivity contribution < 1.29 is 4.79 Å². The second-order valence-corrected chi connectivity index (χ2v) is 8.90. The van der Waals surface area contributed by atoms with Gasteiger partial charge in [-0.05, 0) is 80.4 Å². The molecule has 5 rings (SSSR count). The van der Waals surface area contributed by atoms with Crippen molar-refractivity contribution in [3.63, 3.8) is 0 Å². The minimum Gasteiger partial charge on any atom is -0.300 e. The molecular weight excluding hydrogens is 294 g/mol. The third kappa shape index (κ3) is 2.54. The summed E-state index contributed by atoms with van der Waals surface area (Å²) >= 11 is 0. The maximum Gasteiger partial charge on any atom is 0.132 e. The highest BCUT2D eigenvalue weighted by molar-refractivity contribution is 5.79. The van der Waals surface area contributed by atoms with Gasteiger partial charge < -0.3 is 0 Å². The Labute approximate surface area is 145 Å². The SMILES string of the molecule is O=C1CCC2(CC1)CC(N1CCC[C@H]1c1ccccc1C1CC1)C2. The smallest absolute Gasteiger partial charge is 0.132 e. The fourth-order valence-electron chi connectivity index (χ4n) is 5.78. The Hall–Kier alpha value is -1.15. The summed E-state index contributed by atoms with van der Waals surface area (Å²) in [6.45, 7) is 1.28. The van der Waals surface area contributed by atoms with Gasteiger partial charge >= 0.3 is 0 Å². The molecule has 1 heterocycles. The molecule has 1 aromatic carbocycles. The molecule has 0 bridgehead atoms. The van der Waals surface area contributed by atoms with Crippen LogP contribution in [0.4, 0.5) is 0 Å². The lowest BCUT2D eigenvalue weighted by Crippen LogP contribution is -2.52. The Morgan fingerprint density at radius 2 is 1.67 bits per heavy atom. The van der Waals surface area contributed by atoms with E-state index in [1.807, 2.05) is 0 Å². The average Bonchev–Trinajstić information content (AvgIpc) is 3.31. The summed E-state index contributed by atoms with van der Waals surface area (Å²) in [5, 5.41) is 0. The molecule has 128 valence electrons. The van der Waals surface area contributed by atoms with Crippen molar-refractivity contribution in [3.8, 4) is 0 Å². The summed E-state index contributed by atoms with van der Waals surface area (Å²) in [5.74, 6) is 1.35. The van der Waals surface area contributed by atoms with Crippen LogP contribution in [0.1, 0.15) is 87.3 Å². The summed E-state index contributed by atoms with van der Waals surface area (Å²) in [7, 11) is 0. The van der Waals surface area contributed by atoms with E-state index in [9.17, 15) is 4.79 Å². The van der Waals surface area contributed by atoms with Gasteiger partial charge in [0.2, 0.25) is 0 Å². The molecule has 4 fully saturated rings. The quantitative estimate of drug-likeness (QED) is 0.781. The molecule has 24 heavy (non-hydrogen) atoms. The van der Waals surface area contributed by atoms with E-state index in [1.54, 1.807) is 11.1 Å². The van der Waals surface area contributed by atoms with Crippen LogP contribution < -0.4 is 0 Å². The van der Waals surface area contributed by atoms with Crippen molar-refractivity contribution in [1.82, 2.24) is 4.90 Å². The van der Waals surface area contributed by atoms with Gasteiger partial charge in [-0.3, -0.25) is 9.69 Å².